The normalized spacial score (nSPS) is 11.7. The van der Waals surface area contributed by atoms with Crippen molar-refractivity contribution in [1.82, 2.24) is 9.55 Å². The van der Waals surface area contributed by atoms with Gasteiger partial charge in [0.05, 0.1) is 27.3 Å². The van der Waals surface area contributed by atoms with Gasteiger partial charge >= 0.3 is 6.18 Å². The Morgan fingerprint density at radius 1 is 1.22 bits per heavy atom. The van der Waals surface area contributed by atoms with E-state index in [1.54, 1.807) is 24.3 Å². The van der Waals surface area contributed by atoms with Gasteiger partial charge in [-0.05, 0) is 40.2 Å². The molecule has 1 heterocycles. The van der Waals surface area contributed by atoms with Gasteiger partial charge in [0.2, 0.25) is 5.82 Å². The highest BCUT2D eigenvalue weighted by Gasteiger charge is 2.32. The lowest BCUT2D eigenvalue weighted by Gasteiger charge is -2.14. The largest absolute Gasteiger partial charge is 0.416 e. The van der Waals surface area contributed by atoms with Gasteiger partial charge in [-0.25, -0.2) is 4.98 Å². The first-order valence-corrected chi connectivity index (χ1v) is 7.44. The molecule has 0 aliphatic heterocycles. The van der Waals surface area contributed by atoms with Crippen LogP contribution in [0, 0.1) is 11.3 Å². The summed E-state index contributed by atoms with van der Waals surface area (Å²) in [6.07, 6.45) is -4.54. The first kappa shape index (κ1) is 15.8. The summed E-state index contributed by atoms with van der Waals surface area (Å²) in [5.41, 5.74) is 0.162. The van der Waals surface area contributed by atoms with E-state index in [2.05, 4.69) is 20.9 Å². The molecule has 1 aromatic heterocycles. The maximum absolute atomic E-state index is 13.1. The van der Waals surface area contributed by atoms with Gasteiger partial charge in [0.15, 0.2) is 0 Å². The molecule has 23 heavy (non-hydrogen) atoms. The second kappa shape index (κ2) is 5.55. The zero-order valence-electron chi connectivity index (χ0n) is 11.2. The minimum absolute atomic E-state index is 0.0404. The van der Waals surface area contributed by atoms with Crippen molar-refractivity contribution < 1.29 is 13.2 Å². The number of imidazole rings is 1. The molecular formula is C15H6BrClF3N3. The molecule has 116 valence electrons. The summed E-state index contributed by atoms with van der Waals surface area (Å²) < 4.78 is 40.6. The first-order chi connectivity index (χ1) is 10.8. The van der Waals surface area contributed by atoms with Crippen LogP contribution in [0.2, 0.25) is 5.02 Å². The molecule has 0 unspecified atom stereocenters. The van der Waals surface area contributed by atoms with Crippen molar-refractivity contribution in [2.75, 3.05) is 0 Å². The molecule has 2 aromatic carbocycles. The molecule has 8 heteroatoms. The van der Waals surface area contributed by atoms with Crippen molar-refractivity contribution >= 4 is 38.6 Å². The van der Waals surface area contributed by atoms with Crippen LogP contribution in [-0.4, -0.2) is 9.55 Å². The Bertz CT molecular complexity index is 957. The van der Waals surface area contributed by atoms with Crippen LogP contribution in [0.1, 0.15) is 11.4 Å². The van der Waals surface area contributed by atoms with Crippen molar-refractivity contribution in [2.24, 2.45) is 0 Å². The van der Waals surface area contributed by atoms with E-state index >= 15 is 0 Å². The minimum Gasteiger partial charge on any atom is -0.282 e. The minimum atomic E-state index is -4.54. The molecule has 0 atom stereocenters. The van der Waals surface area contributed by atoms with E-state index in [0.717, 1.165) is 12.1 Å². The third-order valence-corrected chi connectivity index (χ3v) is 4.49. The number of alkyl halides is 3. The van der Waals surface area contributed by atoms with E-state index in [1.165, 1.54) is 4.57 Å². The van der Waals surface area contributed by atoms with Gasteiger partial charge in [-0.15, -0.1) is 0 Å². The molecular weight excluding hydrogens is 395 g/mol. The predicted molar refractivity (Wildman–Crippen MR) is 83.5 cm³/mol. The first-order valence-electron chi connectivity index (χ1n) is 6.27. The summed E-state index contributed by atoms with van der Waals surface area (Å²) >= 11 is 9.20. The topological polar surface area (TPSA) is 41.6 Å². The van der Waals surface area contributed by atoms with Crippen LogP contribution in [-0.2, 0) is 6.18 Å². The number of nitrogens with zero attached hydrogens (tertiary/aromatic N) is 3. The van der Waals surface area contributed by atoms with E-state index in [-0.39, 0.29) is 21.0 Å². The summed E-state index contributed by atoms with van der Waals surface area (Å²) in [7, 11) is 0. The number of aromatic nitrogens is 2. The fraction of sp³-hybridized carbons (Fsp3) is 0.0667. The van der Waals surface area contributed by atoms with Crippen LogP contribution in [0.25, 0.3) is 16.7 Å². The van der Waals surface area contributed by atoms with Gasteiger partial charge in [0.1, 0.15) is 6.07 Å². The number of para-hydroxylation sites is 2. The third kappa shape index (κ3) is 2.69. The van der Waals surface area contributed by atoms with Gasteiger partial charge in [0.25, 0.3) is 0 Å². The van der Waals surface area contributed by atoms with Gasteiger partial charge in [-0.1, -0.05) is 23.7 Å². The zero-order chi connectivity index (χ0) is 16.8. The molecule has 0 radical (unpaired) electrons. The van der Waals surface area contributed by atoms with E-state index in [4.69, 9.17) is 11.6 Å². The second-order valence-electron chi connectivity index (χ2n) is 4.66. The molecule has 3 nitrogen and oxygen atoms in total. The number of hydrogen-bond acceptors (Lipinski definition) is 2. The summed E-state index contributed by atoms with van der Waals surface area (Å²) in [5, 5.41) is 9.33. The SMILES string of the molecule is N#Cc1nc2ccccc2n1-c1cc(C(F)(F)F)cc(Br)c1Cl. The zero-order valence-corrected chi connectivity index (χ0v) is 13.5. The van der Waals surface area contributed by atoms with Crippen molar-refractivity contribution in [3.8, 4) is 11.8 Å². The second-order valence-corrected chi connectivity index (χ2v) is 5.89. The number of fused-ring (bicyclic) bond motifs is 1. The van der Waals surface area contributed by atoms with Crippen LogP contribution in [0.4, 0.5) is 13.2 Å². The molecule has 0 aliphatic rings. The summed E-state index contributed by atoms with van der Waals surface area (Å²) in [6, 6.07) is 10.5. The van der Waals surface area contributed by atoms with Crippen LogP contribution >= 0.6 is 27.5 Å². The fourth-order valence-corrected chi connectivity index (χ4v) is 2.89. The number of benzene rings is 2. The number of nitriles is 1. The molecule has 0 fully saturated rings. The molecule has 3 rings (SSSR count). The number of halogens is 5. The fourth-order valence-electron chi connectivity index (χ4n) is 2.25. The lowest BCUT2D eigenvalue weighted by molar-refractivity contribution is -0.137. The molecule has 0 spiro atoms. The predicted octanol–water partition coefficient (Wildman–Crippen LogP) is 5.33. The molecule has 0 N–H and O–H groups in total. The van der Waals surface area contributed by atoms with Crippen molar-refractivity contribution in [2.45, 2.75) is 6.18 Å². The molecule has 0 saturated heterocycles. The van der Waals surface area contributed by atoms with Gasteiger partial charge in [0, 0.05) is 4.47 Å². The maximum atomic E-state index is 13.1. The lowest BCUT2D eigenvalue weighted by Crippen LogP contribution is -2.08. The van der Waals surface area contributed by atoms with Crippen LogP contribution < -0.4 is 0 Å². The average Bonchev–Trinajstić information content (AvgIpc) is 2.87. The molecule has 0 bridgehead atoms. The highest BCUT2D eigenvalue weighted by Crippen LogP contribution is 2.39. The monoisotopic (exact) mass is 399 g/mol. The van der Waals surface area contributed by atoms with Crippen LogP contribution in [0.5, 0.6) is 0 Å². The van der Waals surface area contributed by atoms with Gasteiger partial charge in [-0.2, -0.15) is 18.4 Å². The number of rotatable bonds is 1. The number of hydrogen-bond donors (Lipinski definition) is 0. The Hall–Kier alpha value is -2.04. The summed E-state index contributed by atoms with van der Waals surface area (Å²) in [4.78, 5) is 4.12. The lowest BCUT2D eigenvalue weighted by atomic mass is 10.2. The molecule has 0 saturated carbocycles. The highest BCUT2D eigenvalue weighted by atomic mass is 79.9. The van der Waals surface area contributed by atoms with Gasteiger partial charge < -0.3 is 0 Å². The highest BCUT2D eigenvalue weighted by molar-refractivity contribution is 9.10. The smallest absolute Gasteiger partial charge is 0.282 e. The Kier molecular flexibility index (Phi) is 3.82. The van der Waals surface area contributed by atoms with Crippen LogP contribution in [0.15, 0.2) is 40.9 Å². The van der Waals surface area contributed by atoms with Crippen LogP contribution in [0.3, 0.4) is 0 Å². The summed E-state index contributed by atoms with van der Waals surface area (Å²) in [5.74, 6) is -0.0423. The molecule has 3 aromatic rings. The van der Waals surface area contributed by atoms with Crippen molar-refractivity contribution in [3.05, 3.63) is 57.3 Å². The van der Waals surface area contributed by atoms with E-state index < -0.39 is 11.7 Å². The Labute approximate surface area is 142 Å². The average molecular weight is 401 g/mol. The Morgan fingerprint density at radius 2 is 1.91 bits per heavy atom. The maximum Gasteiger partial charge on any atom is 0.416 e. The standard InChI is InChI=1S/C15H6BrClF3N3/c16-9-5-8(15(18,19)20)6-12(14(9)17)23-11-4-2-1-3-10(11)22-13(23)7-21/h1-6H. The Balaban J connectivity index is 2.40. The van der Waals surface area contributed by atoms with Crippen molar-refractivity contribution in [3.63, 3.8) is 0 Å². The van der Waals surface area contributed by atoms with E-state index in [1.807, 2.05) is 6.07 Å². The van der Waals surface area contributed by atoms with E-state index in [9.17, 15) is 18.4 Å². The Morgan fingerprint density at radius 3 is 2.57 bits per heavy atom. The van der Waals surface area contributed by atoms with Crippen molar-refractivity contribution in [1.29, 1.82) is 5.26 Å². The van der Waals surface area contributed by atoms with Gasteiger partial charge in [-0.3, -0.25) is 4.57 Å². The summed E-state index contributed by atoms with van der Waals surface area (Å²) in [6.45, 7) is 0. The molecule has 0 amide bonds. The third-order valence-electron chi connectivity index (χ3n) is 3.24. The quantitative estimate of drug-likeness (QED) is 0.554. The van der Waals surface area contributed by atoms with E-state index in [0.29, 0.717) is 11.0 Å². The molecule has 0 aliphatic carbocycles.